The van der Waals surface area contributed by atoms with Crippen molar-refractivity contribution in [3.63, 3.8) is 0 Å². The second-order valence-electron chi connectivity index (χ2n) is 4.71. The normalized spacial score (nSPS) is 20.3. The molecule has 0 aliphatic carbocycles. The van der Waals surface area contributed by atoms with Gasteiger partial charge in [0, 0.05) is 19.6 Å². The molecule has 1 aliphatic rings. The largest absolute Gasteiger partial charge is 0.339 e. The molecule has 1 aliphatic heterocycles. The minimum atomic E-state index is 0.133. The van der Waals surface area contributed by atoms with Gasteiger partial charge < -0.3 is 4.90 Å². The van der Waals surface area contributed by atoms with E-state index in [0.29, 0.717) is 6.04 Å². The first kappa shape index (κ1) is 14.0. The molecule has 0 spiro atoms. The van der Waals surface area contributed by atoms with Crippen molar-refractivity contribution in [3.05, 3.63) is 20.8 Å². The molecule has 0 saturated carbocycles. The number of hydrogen-bond acceptors (Lipinski definition) is 3. The lowest BCUT2D eigenvalue weighted by Crippen LogP contribution is -2.40. The highest BCUT2D eigenvalue weighted by Gasteiger charge is 2.26. The van der Waals surface area contributed by atoms with Crippen molar-refractivity contribution in [3.8, 4) is 0 Å². The van der Waals surface area contributed by atoms with E-state index in [2.05, 4.69) is 27.8 Å². The molecule has 0 radical (unpaired) electrons. The summed E-state index contributed by atoms with van der Waals surface area (Å²) in [6.07, 6.45) is 2.46. The zero-order valence-corrected chi connectivity index (χ0v) is 13.3. The van der Waals surface area contributed by atoms with Crippen molar-refractivity contribution in [2.24, 2.45) is 0 Å². The quantitative estimate of drug-likeness (QED) is 0.847. The number of carbonyl (C=O) groups is 1. The van der Waals surface area contributed by atoms with E-state index in [1.165, 1.54) is 30.7 Å². The lowest BCUT2D eigenvalue weighted by Gasteiger charge is -2.27. The Morgan fingerprint density at radius 1 is 1.61 bits per heavy atom. The average molecular weight is 331 g/mol. The van der Waals surface area contributed by atoms with E-state index in [1.807, 2.05) is 24.1 Å². The zero-order chi connectivity index (χ0) is 13.1. The number of likely N-dealkylation sites (tertiary alicyclic amines) is 1. The van der Waals surface area contributed by atoms with Gasteiger partial charge in [-0.25, -0.2) is 0 Å². The Morgan fingerprint density at radius 2 is 2.39 bits per heavy atom. The van der Waals surface area contributed by atoms with Crippen LogP contribution >= 0.6 is 27.3 Å². The molecule has 0 aromatic carbocycles. The molecule has 1 amide bonds. The minimum Gasteiger partial charge on any atom is -0.339 e. The molecule has 2 rings (SSSR count). The van der Waals surface area contributed by atoms with Crippen molar-refractivity contribution in [1.82, 2.24) is 9.80 Å². The molecule has 1 saturated heterocycles. The summed E-state index contributed by atoms with van der Waals surface area (Å²) in [5.74, 6) is 0.133. The molecule has 18 heavy (non-hydrogen) atoms. The van der Waals surface area contributed by atoms with Crippen molar-refractivity contribution < 1.29 is 4.79 Å². The second-order valence-corrected chi connectivity index (χ2v) is 7.18. The fourth-order valence-electron chi connectivity index (χ4n) is 2.53. The fraction of sp³-hybridized carbons (Fsp3) is 0.615. The third-order valence-electron chi connectivity index (χ3n) is 3.52. The molecule has 3 nitrogen and oxygen atoms in total. The van der Waals surface area contributed by atoms with Gasteiger partial charge in [-0.3, -0.25) is 9.69 Å². The van der Waals surface area contributed by atoms with Gasteiger partial charge in [0.25, 0.3) is 5.91 Å². The third-order valence-corrected chi connectivity index (χ3v) is 5.13. The number of carbonyl (C=O) groups excluding carboxylic acids is 1. The van der Waals surface area contributed by atoms with E-state index in [9.17, 15) is 4.79 Å². The summed E-state index contributed by atoms with van der Waals surface area (Å²) < 4.78 is 1.01. The van der Waals surface area contributed by atoms with Gasteiger partial charge in [0.05, 0.1) is 8.66 Å². The summed E-state index contributed by atoms with van der Waals surface area (Å²) in [5.41, 5.74) is 0. The maximum atomic E-state index is 12.2. The average Bonchev–Trinajstić information content (AvgIpc) is 2.96. The SMILES string of the molecule is CCN1CCCC1CN(C)C(=O)c1ccc(Br)s1. The molecule has 1 aromatic heterocycles. The Kier molecular flexibility index (Phi) is 4.81. The first-order valence-electron chi connectivity index (χ1n) is 6.36. The van der Waals surface area contributed by atoms with E-state index in [4.69, 9.17) is 0 Å². The number of likely N-dealkylation sites (N-methyl/N-ethyl adjacent to an activating group) is 2. The van der Waals surface area contributed by atoms with Crippen molar-refractivity contribution in [2.75, 3.05) is 26.7 Å². The van der Waals surface area contributed by atoms with E-state index >= 15 is 0 Å². The Labute approximate surface area is 121 Å². The van der Waals surface area contributed by atoms with E-state index in [-0.39, 0.29) is 5.91 Å². The van der Waals surface area contributed by atoms with Gasteiger partial charge in [-0.1, -0.05) is 6.92 Å². The van der Waals surface area contributed by atoms with Crippen LogP contribution in [-0.2, 0) is 0 Å². The van der Waals surface area contributed by atoms with Crippen molar-refractivity contribution in [2.45, 2.75) is 25.8 Å². The van der Waals surface area contributed by atoms with Gasteiger partial charge in [-0.15, -0.1) is 11.3 Å². The first-order valence-corrected chi connectivity index (χ1v) is 7.97. The molecular formula is C13H19BrN2OS. The number of hydrogen-bond donors (Lipinski definition) is 0. The standard InChI is InChI=1S/C13H19BrN2OS/c1-3-16-8-4-5-10(16)9-15(2)13(17)11-6-7-12(14)18-11/h6-7,10H,3-5,8-9H2,1-2H3. The number of thiophene rings is 1. The summed E-state index contributed by atoms with van der Waals surface area (Å²) in [4.78, 5) is 17.4. The predicted molar refractivity (Wildman–Crippen MR) is 79.2 cm³/mol. The number of amides is 1. The van der Waals surface area contributed by atoms with Crippen LogP contribution in [0.15, 0.2) is 15.9 Å². The van der Waals surface area contributed by atoms with Crippen LogP contribution in [0.5, 0.6) is 0 Å². The monoisotopic (exact) mass is 330 g/mol. The second kappa shape index (κ2) is 6.17. The van der Waals surface area contributed by atoms with Crippen LogP contribution in [0.4, 0.5) is 0 Å². The maximum Gasteiger partial charge on any atom is 0.263 e. The van der Waals surface area contributed by atoms with Gasteiger partial charge in [0.2, 0.25) is 0 Å². The van der Waals surface area contributed by atoms with Crippen LogP contribution in [0.25, 0.3) is 0 Å². The van der Waals surface area contributed by atoms with Crippen LogP contribution in [0, 0.1) is 0 Å². The van der Waals surface area contributed by atoms with Crippen molar-refractivity contribution in [1.29, 1.82) is 0 Å². The Hall–Kier alpha value is -0.390. The predicted octanol–water partition coefficient (Wildman–Crippen LogP) is 3.07. The fourth-order valence-corrected chi connectivity index (χ4v) is 3.92. The molecule has 0 N–H and O–H groups in total. The van der Waals surface area contributed by atoms with Crippen molar-refractivity contribution >= 4 is 33.2 Å². The zero-order valence-electron chi connectivity index (χ0n) is 10.9. The third kappa shape index (κ3) is 3.13. The van der Waals surface area contributed by atoms with Gasteiger partial charge in [-0.2, -0.15) is 0 Å². The summed E-state index contributed by atoms with van der Waals surface area (Å²) >= 11 is 4.90. The number of halogens is 1. The Morgan fingerprint density at radius 3 is 3.00 bits per heavy atom. The van der Waals surface area contributed by atoms with Gasteiger partial charge in [0.1, 0.15) is 0 Å². The molecule has 1 atom stereocenters. The van der Waals surface area contributed by atoms with Gasteiger partial charge >= 0.3 is 0 Å². The first-order chi connectivity index (χ1) is 8.61. The highest BCUT2D eigenvalue weighted by Crippen LogP contribution is 2.24. The van der Waals surface area contributed by atoms with E-state index in [0.717, 1.165) is 21.8 Å². The highest BCUT2D eigenvalue weighted by molar-refractivity contribution is 9.11. The lowest BCUT2D eigenvalue weighted by atomic mass is 10.2. The maximum absolute atomic E-state index is 12.2. The molecule has 0 bridgehead atoms. The molecule has 1 fully saturated rings. The molecule has 5 heteroatoms. The van der Waals surface area contributed by atoms with Crippen LogP contribution in [0.2, 0.25) is 0 Å². The summed E-state index contributed by atoms with van der Waals surface area (Å²) in [6.45, 7) is 5.28. The number of rotatable bonds is 4. The lowest BCUT2D eigenvalue weighted by molar-refractivity contribution is 0.0759. The minimum absolute atomic E-state index is 0.133. The summed E-state index contributed by atoms with van der Waals surface area (Å²) in [6, 6.07) is 4.35. The Balaban J connectivity index is 1.95. The van der Waals surface area contributed by atoms with E-state index in [1.54, 1.807) is 0 Å². The van der Waals surface area contributed by atoms with Gasteiger partial charge in [0.15, 0.2) is 0 Å². The van der Waals surface area contributed by atoms with Gasteiger partial charge in [-0.05, 0) is 54.0 Å². The smallest absolute Gasteiger partial charge is 0.263 e. The topological polar surface area (TPSA) is 23.6 Å². The van der Waals surface area contributed by atoms with Crippen LogP contribution < -0.4 is 0 Å². The van der Waals surface area contributed by atoms with Crippen LogP contribution in [0.3, 0.4) is 0 Å². The molecular weight excluding hydrogens is 312 g/mol. The highest BCUT2D eigenvalue weighted by atomic mass is 79.9. The van der Waals surface area contributed by atoms with Crippen LogP contribution in [-0.4, -0.2) is 48.4 Å². The molecule has 1 unspecified atom stereocenters. The summed E-state index contributed by atoms with van der Waals surface area (Å²) in [7, 11) is 1.90. The summed E-state index contributed by atoms with van der Waals surface area (Å²) in [5, 5.41) is 0. The van der Waals surface area contributed by atoms with Crippen LogP contribution in [0.1, 0.15) is 29.4 Å². The Bertz CT molecular complexity index is 421. The molecule has 100 valence electrons. The number of nitrogens with zero attached hydrogens (tertiary/aromatic N) is 2. The molecule has 1 aromatic rings. The molecule has 2 heterocycles. The van der Waals surface area contributed by atoms with E-state index < -0.39 is 0 Å².